The summed E-state index contributed by atoms with van der Waals surface area (Å²) in [6.07, 6.45) is 1.21. The van der Waals surface area contributed by atoms with E-state index >= 15 is 0 Å². The summed E-state index contributed by atoms with van der Waals surface area (Å²) in [6.45, 7) is 3.31. The van der Waals surface area contributed by atoms with Crippen molar-refractivity contribution in [1.29, 1.82) is 0 Å². The Kier molecular flexibility index (Phi) is 4.85. The van der Waals surface area contributed by atoms with Crippen LogP contribution in [0.2, 0.25) is 0 Å². The summed E-state index contributed by atoms with van der Waals surface area (Å²) in [5, 5.41) is 7.67. The average molecular weight is 372 g/mol. The van der Waals surface area contributed by atoms with Crippen LogP contribution >= 0.6 is 15.9 Å². The number of benzene rings is 1. The molecule has 1 heterocycles. The number of sulfone groups is 1. The van der Waals surface area contributed by atoms with Crippen molar-refractivity contribution < 1.29 is 8.42 Å². The van der Waals surface area contributed by atoms with Crippen LogP contribution in [-0.4, -0.2) is 24.5 Å². The van der Waals surface area contributed by atoms with Gasteiger partial charge in [0.25, 0.3) is 0 Å². The van der Waals surface area contributed by atoms with E-state index in [2.05, 4.69) is 26.3 Å². The molecule has 0 atom stereocenters. The molecule has 0 bridgehead atoms. The third kappa shape index (κ3) is 3.93. The molecule has 0 amide bonds. The zero-order chi connectivity index (χ0) is 15.6. The van der Waals surface area contributed by atoms with E-state index in [1.807, 2.05) is 30.8 Å². The van der Waals surface area contributed by atoms with E-state index < -0.39 is 9.84 Å². The van der Waals surface area contributed by atoms with Crippen LogP contribution in [0.3, 0.4) is 0 Å². The normalized spacial score (nSPS) is 11.8. The highest BCUT2D eigenvalue weighted by molar-refractivity contribution is 9.10. The van der Waals surface area contributed by atoms with Crippen LogP contribution in [-0.2, 0) is 30.0 Å². The minimum atomic E-state index is -3.13. The number of halogens is 1. The first kappa shape index (κ1) is 16.2. The second kappa shape index (κ2) is 6.29. The number of nitrogens with zero attached hydrogens (tertiary/aromatic N) is 2. The predicted octanol–water partition coefficient (Wildman–Crippen LogP) is 2.18. The fourth-order valence-electron chi connectivity index (χ4n) is 2.05. The Morgan fingerprint density at radius 3 is 2.33 bits per heavy atom. The minimum Gasteiger partial charge on any atom is -0.307 e. The Morgan fingerprint density at radius 2 is 1.86 bits per heavy atom. The molecule has 1 N–H and O–H groups in total. The third-order valence-electron chi connectivity index (χ3n) is 3.23. The number of hydrogen-bond acceptors (Lipinski definition) is 4. The van der Waals surface area contributed by atoms with Crippen LogP contribution in [0.25, 0.3) is 0 Å². The fraction of sp³-hybridized carbons (Fsp3) is 0.357. The topological polar surface area (TPSA) is 64.0 Å². The number of hydrogen-bond donors (Lipinski definition) is 1. The number of rotatable bonds is 5. The summed E-state index contributed by atoms with van der Waals surface area (Å²) in [4.78, 5) is 0.344. The van der Waals surface area contributed by atoms with Crippen LogP contribution in [0.15, 0.2) is 33.6 Å². The van der Waals surface area contributed by atoms with Gasteiger partial charge in [0.15, 0.2) is 9.84 Å². The van der Waals surface area contributed by atoms with Gasteiger partial charge in [-0.2, -0.15) is 5.10 Å². The molecule has 0 saturated heterocycles. The SMILES string of the molecule is Cc1nn(C)c(CNCc2ccc(S(C)(=O)=O)cc2)c1Br. The first-order valence-electron chi connectivity index (χ1n) is 6.46. The lowest BCUT2D eigenvalue weighted by Crippen LogP contribution is -2.15. The Bertz CT molecular complexity index is 736. The maximum atomic E-state index is 11.4. The number of aromatic nitrogens is 2. The number of nitrogens with one attached hydrogen (secondary N) is 1. The maximum Gasteiger partial charge on any atom is 0.175 e. The Labute approximate surface area is 133 Å². The fourth-order valence-corrected chi connectivity index (χ4v) is 3.16. The lowest BCUT2D eigenvalue weighted by molar-refractivity contribution is 0.601. The van der Waals surface area contributed by atoms with E-state index in [0.29, 0.717) is 18.0 Å². The van der Waals surface area contributed by atoms with E-state index in [0.717, 1.165) is 21.4 Å². The van der Waals surface area contributed by atoms with Crippen molar-refractivity contribution in [2.24, 2.45) is 7.05 Å². The van der Waals surface area contributed by atoms with Gasteiger partial charge in [0.2, 0.25) is 0 Å². The van der Waals surface area contributed by atoms with Crippen molar-refractivity contribution in [3.63, 3.8) is 0 Å². The van der Waals surface area contributed by atoms with Gasteiger partial charge < -0.3 is 5.32 Å². The molecular formula is C14H18BrN3O2S. The summed E-state index contributed by atoms with van der Waals surface area (Å²) in [5.41, 5.74) is 3.09. The molecule has 5 nitrogen and oxygen atoms in total. The van der Waals surface area contributed by atoms with Crippen molar-refractivity contribution in [3.05, 3.63) is 45.7 Å². The Morgan fingerprint density at radius 1 is 1.24 bits per heavy atom. The molecule has 0 fully saturated rings. The summed E-state index contributed by atoms with van der Waals surface area (Å²) in [7, 11) is -1.22. The standard InChI is InChI=1S/C14H18BrN3O2S/c1-10-14(15)13(18(2)17-10)9-16-8-11-4-6-12(7-5-11)21(3,19)20/h4-7,16H,8-9H2,1-3H3. The van der Waals surface area contributed by atoms with Crippen molar-refractivity contribution in [3.8, 4) is 0 Å². The van der Waals surface area contributed by atoms with Crippen LogP contribution in [0.1, 0.15) is 17.0 Å². The van der Waals surface area contributed by atoms with E-state index in [1.54, 1.807) is 12.1 Å². The van der Waals surface area contributed by atoms with Crippen molar-refractivity contribution in [2.75, 3.05) is 6.26 Å². The monoisotopic (exact) mass is 371 g/mol. The molecule has 0 aliphatic rings. The highest BCUT2D eigenvalue weighted by atomic mass is 79.9. The molecular weight excluding hydrogens is 354 g/mol. The van der Waals surface area contributed by atoms with E-state index in [-0.39, 0.29) is 0 Å². The molecule has 2 rings (SSSR count). The van der Waals surface area contributed by atoms with E-state index in [4.69, 9.17) is 0 Å². The molecule has 7 heteroatoms. The van der Waals surface area contributed by atoms with Gasteiger partial charge in [0.1, 0.15) is 0 Å². The molecule has 0 spiro atoms. The molecule has 114 valence electrons. The predicted molar refractivity (Wildman–Crippen MR) is 85.7 cm³/mol. The summed E-state index contributed by atoms with van der Waals surface area (Å²) in [6, 6.07) is 6.92. The first-order chi connectivity index (χ1) is 9.79. The molecule has 21 heavy (non-hydrogen) atoms. The average Bonchev–Trinajstić information content (AvgIpc) is 2.64. The molecule has 0 aliphatic heterocycles. The summed E-state index contributed by atoms with van der Waals surface area (Å²) in [5.74, 6) is 0. The van der Waals surface area contributed by atoms with Crippen LogP contribution < -0.4 is 5.32 Å². The smallest absolute Gasteiger partial charge is 0.175 e. The lowest BCUT2D eigenvalue weighted by Gasteiger charge is -2.07. The zero-order valence-electron chi connectivity index (χ0n) is 12.2. The van der Waals surface area contributed by atoms with Crippen molar-refractivity contribution >= 4 is 25.8 Å². The lowest BCUT2D eigenvalue weighted by atomic mass is 10.2. The zero-order valence-corrected chi connectivity index (χ0v) is 14.6. The van der Waals surface area contributed by atoms with Gasteiger partial charge in [-0.25, -0.2) is 8.42 Å². The highest BCUT2D eigenvalue weighted by Crippen LogP contribution is 2.20. The third-order valence-corrected chi connectivity index (χ3v) is 5.39. The molecule has 0 unspecified atom stereocenters. The van der Waals surface area contributed by atoms with Gasteiger partial charge in [0, 0.05) is 26.4 Å². The maximum absolute atomic E-state index is 11.4. The van der Waals surface area contributed by atoms with Gasteiger partial charge >= 0.3 is 0 Å². The minimum absolute atomic E-state index is 0.344. The van der Waals surface area contributed by atoms with Crippen LogP contribution in [0, 0.1) is 6.92 Å². The molecule has 1 aromatic heterocycles. The van der Waals surface area contributed by atoms with Gasteiger partial charge in [-0.05, 0) is 40.5 Å². The first-order valence-corrected chi connectivity index (χ1v) is 9.15. The molecule has 1 aromatic carbocycles. The molecule has 0 aliphatic carbocycles. The molecule has 2 aromatic rings. The van der Waals surface area contributed by atoms with Gasteiger partial charge in [0.05, 0.1) is 20.8 Å². The van der Waals surface area contributed by atoms with Gasteiger partial charge in [-0.1, -0.05) is 12.1 Å². The Balaban J connectivity index is 1.98. The van der Waals surface area contributed by atoms with Crippen molar-refractivity contribution in [1.82, 2.24) is 15.1 Å². The van der Waals surface area contributed by atoms with Crippen molar-refractivity contribution in [2.45, 2.75) is 24.9 Å². The quantitative estimate of drug-likeness (QED) is 0.874. The largest absolute Gasteiger partial charge is 0.307 e. The second-order valence-electron chi connectivity index (χ2n) is 4.99. The Hall–Kier alpha value is -1.18. The van der Waals surface area contributed by atoms with Gasteiger partial charge in [-0.15, -0.1) is 0 Å². The number of aryl methyl sites for hydroxylation is 2. The molecule has 0 radical (unpaired) electrons. The van der Waals surface area contributed by atoms with Gasteiger partial charge in [-0.3, -0.25) is 4.68 Å². The van der Waals surface area contributed by atoms with E-state index in [9.17, 15) is 8.42 Å². The second-order valence-corrected chi connectivity index (χ2v) is 7.80. The molecule has 0 saturated carbocycles. The summed E-state index contributed by atoms with van der Waals surface area (Å²) >= 11 is 3.53. The highest BCUT2D eigenvalue weighted by Gasteiger charge is 2.10. The van der Waals surface area contributed by atoms with E-state index in [1.165, 1.54) is 6.26 Å². The van der Waals surface area contributed by atoms with Crippen LogP contribution in [0.5, 0.6) is 0 Å². The van der Waals surface area contributed by atoms with Crippen LogP contribution in [0.4, 0.5) is 0 Å². The summed E-state index contributed by atoms with van der Waals surface area (Å²) < 4.78 is 25.6.